The van der Waals surface area contributed by atoms with E-state index in [4.69, 9.17) is 5.11 Å². The van der Waals surface area contributed by atoms with Gasteiger partial charge in [-0.1, -0.05) is 6.92 Å². The highest BCUT2D eigenvalue weighted by molar-refractivity contribution is 7.99. The summed E-state index contributed by atoms with van der Waals surface area (Å²) in [6.07, 6.45) is 1.19. The Morgan fingerprint density at radius 2 is 2.29 bits per heavy atom. The van der Waals surface area contributed by atoms with Crippen LogP contribution in [0.3, 0.4) is 0 Å². The lowest BCUT2D eigenvalue weighted by atomic mass is 10.2. The Morgan fingerprint density at radius 3 is 2.82 bits per heavy atom. The topological polar surface area (TPSA) is 69.6 Å². The van der Waals surface area contributed by atoms with Crippen LogP contribution in [0.4, 0.5) is 0 Å². The number of aliphatic carboxylic acids is 1. The fraction of sp³-hybridized carbons (Fsp3) is 0.818. The van der Waals surface area contributed by atoms with E-state index in [2.05, 4.69) is 5.32 Å². The number of rotatable bonds is 6. The molecule has 0 saturated carbocycles. The Hall–Kier alpha value is -0.750. The van der Waals surface area contributed by atoms with E-state index in [1.54, 1.807) is 0 Å². The molecule has 1 rings (SSSR count). The number of carboxylic acids is 1. The molecule has 1 heterocycles. The van der Waals surface area contributed by atoms with Gasteiger partial charge in [-0.05, 0) is 6.42 Å². The molecule has 0 bridgehead atoms. The highest BCUT2D eigenvalue weighted by Crippen LogP contribution is 2.11. The third-order valence-corrected chi connectivity index (χ3v) is 3.72. The predicted octanol–water partition coefficient (Wildman–Crippen LogP) is 0.405. The number of carbonyl (C=O) groups is 2. The normalized spacial score (nSPS) is 19.9. The van der Waals surface area contributed by atoms with Crippen LogP contribution < -0.4 is 5.32 Å². The van der Waals surface area contributed by atoms with Crippen molar-refractivity contribution < 1.29 is 14.7 Å². The lowest BCUT2D eigenvalue weighted by molar-refractivity contribution is -0.144. The first kappa shape index (κ1) is 14.3. The maximum Gasteiger partial charge on any atom is 0.323 e. The fourth-order valence-electron chi connectivity index (χ4n) is 1.82. The first-order chi connectivity index (χ1) is 8.13. The second kappa shape index (κ2) is 7.55. The smallest absolute Gasteiger partial charge is 0.323 e. The fourth-order valence-corrected chi connectivity index (χ4v) is 2.76. The molecule has 2 N–H and O–H groups in total. The summed E-state index contributed by atoms with van der Waals surface area (Å²) in [5.74, 6) is 1.00. The van der Waals surface area contributed by atoms with Gasteiger partial charge in [-0.15, -0.1) is 0 Å². The van der Waals surface area contributed by atoms with E-state index in [0.29, 0.717) is 13.0 Å². The number of hydrogen-bond donors (Lipinski definition) is 2. The van der Waals surface area contributed by atoms with Gasteiger partial charge in [0.2, 0.25) is 5.91 Å². The number of amides is 1. The minimum Gasteiger partial charge on any atom is -0.480 e. The molecule has 1 aliphatic heterocycles. The average molecular weight is 260 g/mol. The lowest BCUT2D eigenvalue weighted by Crippen LogP contribution is -2.44. The van der Waals surface area contributed by atoms with Crippen molar-refractivity contribution in [2.75, 3.05) is 31.1 Å². The van der Waals surface area contributed by atoms with Crippen LogP contribution in [-0.2, 0) is 9.59 Å². The highest BCUT2D eigenvalue weighted by atomic mass is 32.2. The van der Waals surface area contributed by atoms with Gasteiger partial charge >= 0.3 is 5.97 Å². The molecule has 0 aromatic heterocycles. The SMILES string of the molecule is CCCN(CC(=O)O)C(=O)CC1CSCCN1. The van der Waals surface area contributed by atoms with Crippen LogP contribution >= 0.6 is 11.8 Å². The molecule has 5 nitrogen and oxygen atoms in total. The summed E-state index contributed by atoms with van der Waals surface area (Å²) in [5, 5.41) is 12.0. The molecular formula is C11H20N2O3S. The van der Waals surface area contributed by atoms with E-state index in [0.717, 1.165) is 24.5 Å². The maximum absolute atomic E-state index is 12.0. The minimum absolute atomic E-state index is 0.0609. The van der Waals surface area contributed by atoms with Crippen LogP contribution in [0.2, 0.25) is 0 Å². The van der Waals surface area contributed by atoms with Crippen LogP contribution in [0.25, 0.3) is 0 Å². The van der Waals surface area contributed by atoms with Gasteiger partial charge in [0.15, 0.2) is 0 Å². The van der Waals surface area contributed by atoms with Crippen LogP contribution in [0.15, 0.2) is 0 Å². The molecule has 0 aromatic rings. The number of carbonyl (C=O) groups excluding carboxylic acids is 1. The summed E-state index contributed by atoms with van der Waals surface area (Å²) in [7, 11) is 0. The zero-order valence-corrected chi connectivity index (χ0v) is 11.0. The summed E-state index contributed by atoms with van der Waals surface area (Å²) in [4.78, 5) is 24.1. The summed E-state index contributed by atoms with van der Waals surface area (Å²) in [6, 6.07) is 0.189. The van der Waals surface area contributed by atoms with Crippen molar-refractivity contribution >= 4 is 23.6 Å². The van der Waals surface area contributed by atoms with E-state index in [9.17, 15) is 9.59 Å². The van der Waals surface area contributed by atoms with Gasteiger partial charge in [-0.2, -0.15) is 11.8 Å². The van der Waals surface area contributed by atoms with E-state index in [1.807, 2.05) is 18.7 Å². The molecule has 0 spiro atoms. The van der Waals surface area contributed by atoms with Gasteiger partial charge in [-0.25, -0.2) is 0 Å². The summed E-state index contributed by atoms with van der Waals surface area (Å²) < 4.78 is 0. The van der Waals surface area contributed by atoms with E-state index in [-0.39, 0.29) is 18.5 Å². The van der Waals surface area contributed by atoms with Crippen molar-refractivity contribution in [3.8, 4) is 0 Å². The Labute approximate surface area is 106 Å². The molecule has 98 valence electrons. The first-order valence-electron chi connectivity index (χ1n) is 5.94. The zero-order valence-electron chi connectivity index (χ0n) is 10.1. The monoisotopic (exact) mass is 260 g/mol. The largest absolute Gasteiger partial charge is 0.480 e. The van der Waals surface area contributed by atoms with Crippen molar-refractivity contribution in [2.24, 2.45) is 0 Å². The van der Waals surface area contributed by atoms with Crippen molar-refractivity contribution in [3.63, 3.8) is 0 Å². The predicted molar refractivity (Wildman–Crippen MR) is 68.2 cm³/mol. The maximum atomic E-state index is 12.0. The minimum atomic E-state index is -0.947. The number of carboxylic acid groups (broad SMARTS) is 1. The van der Waals surface area contributed by atoms with E-state index in [1.165, 1.54) is 4.90 Å². The Balaban J connectivity index is 2.42. The average Bonchev–Trinajstić information content (AvgIpc) is 2.29. The highest BCUT2D eigenvalue weighted by Gasteiger charge is 2.21. The Bertz CT molecular complexity index is 267. The molecule has 0 radical (unpaired) electrons. The van der Waals surface area contributed by atoms with Gasteiger partial charge in [0.25, 0.3) is 0 Å². The molecule has 1 atom stereocenters. The second-order valence-electron chi connectivity index (χ2n) is 4.14. The zero-order chi connectivity index (χ0) is 12.7. The van der Waals surface area contributed by atoms with Crippen molar-refractivity contribution in [1.29, 1.82) is 0 Å². The Morgan fingerprint density at radius 1 is 1.53 bits per heavy atom. The van der Waals surface area contributed by atoms with Gasteiger partial charge in [-0.3, -0.25) is 9.59 Å². The number of nitrogens with zero attached hydrogens (tertiary/aromatic N) is 1. The summed E-state index contributed by atoms with van der Waals surface area (Å²) in [6.45, 7) is 3.20. The molecule has 0 aliphatic carbocycles. The van der Waals surface area contributed by atoms with Crippen LogP contribution in [-0.4, -0.2) is 59.1 Å². The molecule has 6 heteroatoms. The molecular weight excluding hydrogens is 240 g/mol. The second-order valence-corrected chi connectivity index (χ2v) is 5.29. The summed E-state index contributed by atoms with van der Waals surface area (Å²) >= 11 is 1.83. The molecule has 17 heavy (non-hydrogen) atoms. The van der Waals surface area contributed by atoms with Gasteiger partial charge in [0.05, 0.1) is 0 Å². The number of nitrogens with one attached hydrogen (secondary N) is 1. The standard InChI is InChI=1S/C11H20N2O3S/c1-2-4-13(7-11(15)16)10(14)6-9-8-17-5-3-12-9/h9,12H,2-8H2,1H3,(H,15,16). The van der Waals surface area contributed by atoms with Gasteiger partial charge < -0.3 is 15.3 Å². The van der Waals surface area contributed by atoms with Gasteiger partial charge in [0.1, 0.15) is 6.54 Å². The quantitative estimate of drug-likeness (QED) is 0.723. The third-order valence-electron chi connectivity index (χ3n) is 2.59. The van der Waals surface area contributed by atoms with E-state index < -0.39 is 5.97 Å². The number of hydrogen-bond acceptors (Lipinski definition) is 4. The van der Waals surface area contributed by atoms with Crippen molar-refractivity contribution in [1.82, 2.24) is 10.2 Å². The van der Waals surface area contributed by atoms with Crippen LogP contribution in [0, 0.1) is 0 Å². The third kappa shape index (κ3) is 5.41. The molecule has 1 saturated heterocycles. The number of thioether (sulfide) groups is 1. The van der Waals surface area contributed by atoms with Crippen LogP contribution in [0.5, 0.6) is 0 Å². The summed E-state index contributed by atoms with van der Waals surface area (Å²) in [5.41, 5.74) is 0. The molecule has 1 fully saturated rings. The Kier molecular flexibility index (Phi) is 6.36. The van der Waals surface area contributed by atoms with Gasteiger partial charge in [0, 0.05) is 37.1 Å². The van der Waals surface area contributed by atoms with Crippen molar-refractivity contribution in [2.45, 2.75) is 25.8 Å². The van der Waals surface area contributed by atoms with Crippen LogP contribution in [0.1, 0.15) is 19.8 Å². The molecule has 1 amide bonds. The molecule has 0 aromatic carbocycles. The van der Waals surface area contributed by atoms with E-state index >= 15 is 0 Å². The first-order valence-corrected chi connectivity index (χ1v) is 7.09. The molecule has 1 unspecified atom stereocenters. The van der Waals surface area contributed by atoms with Crippen molar-refractivity contribution in [3.05, 3.63) is 0 Å². The molecule has 1 aliphatic rings. The lowest BCUT2D eigenvalue weighted by Gasteiger charge is -2.26.